The van der Waals surface area contributed by atoms with Crippen molar-refractivity contribution >= 4 is 11.8 Å². The highest BCUT2D eigenvalue weighted by Gasteiger charge is 2.27. The molecule has 3 heterocycles. The maximum absolute atomic E-state index is 12.6. The summed E-state index contributed by atoms with van der Waals surface area (Å²) in [5, 5.41) is 4.09. The molecule has 8 heteroatoms. The van der Waals surface area contributed by atoms with Gasteiger partial charge in [0.1, 0.15) is 0 Å². The first kappa shape index (κ1) is 17.2. The molecule has 1 unspecified atom stereocenters. The van der Waals surface area contributed by atoms with Crippen LogP contribution in [-0.4, -0.2) is 67.5 Å². The summed E-state index contributed by atoms with van der Waals surface area (Å²) < 4.78 is 1.72. The molecule has 0 bridgehead atoms. The van der Waals surface area contributed by atoms with Gasteiger partial charge < -0.3 is 14.8 Å². The number of amides is 2. The molecular weight excluding hydrogens is 320 g/mol. The number of piperazine rings is 1. The van der Waals surface area contributed by atoms with Gasteiger partial charge in [-0.1, -0.05) is 6.92 Å². The molecule has 1 aliphatic rings. The SMILES string of the molecule is CC(Cc1cnc[nH]1)C(=O)N1CCN(C(=O)Cc2ccnn2C)CC1. The third kappa shape index (κ3) is 4.07. The molecule has 1 aliphatic heterocycles. The monoisotopic (exact) mass is 344 g/mol. The number of carbonyl (C=O) groups excluding carboxylic acids is 2. The molecule has 0 saturated carbocycles. The average Bonchev–Trinajstić information content (AvgIpc) is 3.26. The molecule has 0 aromatic carbocycles. The van der Waals surface area contributed by atoms with Crippen molar-refractivity contribution in [2.24, 2.45) is 13.0 Å². The minimum atomic E-state index is -0.0999. The van der Waals surface area contributed by atoms with E-state index in [1.165, 1.54) is 0 Å². The smallest absolute Gasteiger partial charge is 0.228 e. The van der Waals surface area contributed by atoms with Gasteiger partial charge in [0, 0.05) is 69.3 Å². The fraction of sp³-hybridized carbons (Fsp3) is 0.529. The zero-order valence-electron chi connectivity index (χ0n) is 14.7. The van der Waals surface area contributed by atoms with Gasteiger partial charge in [-0.05, 0) is 6.07 Å². The van der Waals surface area contributed by atoms with E-state index in [-0.39, 0.29) is 17.7 Å². The first-order valence-corrected chi connectivity index (χ1v) is 8.55. The van der Waals surface area contributed by atoms with Gasteiger partial charge in [-0.25, -0.2) is 4.98 Å². The number of nitrogens with zero attached hydrogens (tertiary/aromatic N) is 5. The second-order valence-electron chi connectivity index (χ2n) is 6.51. The number of aryl methyl sites for hydroxylation is 1. The van der Waals surface area contributed by atoms with E-state index in [1.54, 1.807) is 23.4 Å². The summed E-state index contributed by atoms with van der Waals surface area (Å²) in [5.74, 6) is 0.117. The van der Waals surface area contributed by atoms with Crippen molar-refractivity contribution < 1.29 is 9.59 Å². The summed E-state index contributed by atoms with van der Waals surface area (Å²) in [7, 11) is 1.83. The van der Waals surface area contributed by atoms with E-state index in [0.717, 1.165) is 11.4 Å². The number of imidazole rings is 1. The maximum atomic E-state index is 12.6. The largest absolute Gasteiger partial charge is 0.348 e. The number of aromatic nitrogens is 4. The fourth-order valence-electron chi connectivity index (χ4n) is 3.14. The lowest BCUT2D eigenvalue weighted by Gasteiger charge is -2.36. The van der Waals surface area contributed by atoms with Gasteiger partial charge >= 0.3 is 0 Å². The summed E-state index contributed by atoms with van der Waals surface area (Å²) in [5.41, 5.74) is 1.86. The molecule has 0 radical (unpaired) electrons. The first-order chi connectivity index (χ1) is 12.0. The molecular formula is C17H24N6O2. The second-order valence-corrected chi connectivity index (χ2v) is 6.51. The molecule has 8 nitrogen and oxygen atoms in total. The van der Waals surface area contributed by atoms with Gasteiger partial charge in [0.2, 0.25) is 11.8 Å². The van der Waals surface area contributed by atoms with Crippen LogP contribution in [0.2, 0.25) is 0 Å². The van der Waals surface area contributed by atoms with E-state index in [1.807, 2.05) is 29.8 Å². The average molecular weight is 344 g/mol. The van der Waals surface area contributed by atoms with Crippen LogP contribution in [0, 0.1) is 5.92 Å². The molecule has 3 rings (SSSR count). The molecule has 1 fully saturated rings. The number of hydrogen-bond donors (Lipinski definition) is 1. The van der Waals surface area contributed by atoms with Gasteiger partial charge in [0.05, 0.1) is 12.7 Å². The maximum Gasteiger partial charge on any atom is 0.228 e. The summed E-state index contributed by atoms with van der Waals surface area (Å²) in [6, 6.07) is 1.86. The van der Waals surface area contributed by atoms with Crippen molar-refractivity contribution in [2.45, 2.75) is 19.8 Å². The minimum Gasteiger partial charge on any atom is -0.348 e. The number of hydrogen-bond acceptors (Lipinski definition) is 4. The molecule has 2 aromatic rings. The number of aromatic amines is 1. The highest BCUT2D eigenvalue weighted by molar-refractivity contribution is 5.80. The van der Waals surface area contributed by atoms with E-state index in [9.17, 15) is 9.59 Å². The van der Waals surface area contributed by atoms with Gasteiger partial charge in [0.15, 0.2) is 0 Å². The van der Waals surface area contributed by atoms with Crippen molar-refractivity contribution in [2.75, 3.05) is 26.2 Å². The third-order valence-electron chi connectivity index (χ3n) is 4.70. The van der Waals surface area contributed by atoms with Gasteiger partial charge in [-0.3, -0.25) is 14.3 Å². The molecule has 25 heavy (non-hydrogen) atoms. The topological polar surface area (TPSA) is 87.1 Å². The standard InChI is InChI=1S/C17H24N6O2/c1-13(9-14-11-18-12-19-14)17(25)23-7-5-22(6-8-23)16(24)10-15-3-4-20-21(15)2/h3-4,11-13H,5-10H2,1-2H3,(H,18,19). The van der Waals surface area contributed by atoms with Crippen LogP contribution in [0.1, 0.15) is 18.3 Å². The number of carbonyl (C=O) groups is 2. The van der Waals surface area contributed by atoms with Crippen molar-refractivity contribution in [3.8, 4) is 0 Å². The Kier molecular flexibility index (Phi) is 5.16. The Morgan fingerprint density at radius 3 is 2.56 bits per heavy atom. The zero-order chi connectivity index (χ0) is 17.8. The molecule has 0 spiro atoms. The molecule has 0 aliphatic carbocycles. The minimum absolute atomic E-state index is 0.0845. The zero-order valence-corrected chi connectivity index (χ0v) is 14.7. The second kappa shape index (κ2) is 7.50. The van der Waals surface area contributed by atoms with E-state index in [2.05, 4.69) is 15.1 Å². The molecule has 2 amide bonds. The molecule has 1 N–H and O–H groups in total. The Bertz CT molecular complexity index is 715. The number of H-pyrrole nitrogens is 1. The van der Waals surface area contributed by atoms with E-state index in [4.69, 9.17) is 0 Å². The highest BCUT2D eigenvalue weighted by Crippen LogP contribution is 2.12. The summed E-state index contributed by atoms with van der Waals surface area (Å²) >= 11 is 0. The van der Waals surface area contributed by atoms with Crippen LogP contribution in [0.3, 0.4) is 0 Å². The van der Waals surface area contributed by atoms with E-state index in [0.29, 0.717) is 39.0 Å². The lowest BCUT2D eigenvalue weighted by molar-refractivity contribution is -0.141. The van der Waals surface area contributed by atoms with Crippen LogP contribution in [0.4, 0.5) is 0 Å². The van der Waals surface area contributed by atoms with Crippen LogP contribution in [0.5, 0.6) is 0 Å². The Balaban J connectivity index is 1.48. The predicted octanol–water partition coefficient (Wildman–Crippen LogP) is 0.235. The van der Waals surface area contributed by atoms with Crippen LogP contribution in [0.15, 0.2) is 24.8 Å². The van der Waals surface area contributed by atoms with E-state index < -0.39 is 0 Å². The first-order valence-electron chi connectivity index (χ1n) is 8.55. The van der Waals surface area contributed by atoms with Crippen LogP contribution >= 0.6 is 0 Å². The van der Waals surface area contributed by atoms with E-state index >= 15 is 0 Å². The van der Waals surface area contributed by atoms with Crippen molar-refractivity contribution in [1.29, 1.82) is 0 Å². The fourth-order valence-corrected chi connectivity index (χ4v) is 3.14. The number of nitrogens with one attached hydrogen (secondary N) is 1. The summed E-state index contributed by atoms with van der Waals surface area (Å²) in [6.07, 6.45) is 6.07. The van der Waals surface area contributed by atoms with Gasteiger partial charge in [0.25, 0.3) is 0 Å². The third-order valence-corrected chi connectivity index (χ3v) is 4.70. The van der Waals surface area contributed by atoms with Crippen LogP contribution in [0.25, 0.3) is 0 Å². The quantitative estimate of drug-likeness (QED) is 0.841. The lowest BCUT2D eigenvalue weighted by atomic mass is 10.0. The van der Waals surface area contributed by atoms with Crippen molar-refractivity contribution in [3.05, 3.63) is 36.2 Å². The molecule has 1 atom stereocenters. The Morgan fingerprint density at radius 2 is 1.96 bits per heavy atom. The Morgan fingerprint density at radius 1 is 1.24 bits per heavy atom. The molecule has 134 valence electrons. The summed E-state index contributed by atoms with van der Waals surface area (Å²) in [4.78, 5) is 35.7. The predicted molar refractivity (Wildman–Crippen MR) is 91.5 cm³/mol. The lowest BCUT2D eigenvalue weighted by Crippen LogP contribution is -2.52. The Labute approximate surface area is 146 Å². The molecule has 2 aromatic heterocycles. The number of rotatable bonds is 5. The van der Waals surface area contributed by atoms with Crippen molar-refractivity contribution in [1.82, 2.24) is 29.5 Å². The normalized spacial score (nSPS) is 16.1. The van der Waals surface area contributed by atoms with Gasteiger partial charge in [-0.15, -0.1) is 0 Å². The highest BCUT2D eigenvalue weighted by atomic mass is 16.2. The molecule has 1 saturated heterocycles. The van der Waals surface area contributed by atoms with Crippen LogP contribution < -0.4 is 0 Å². The Hall–Kier alpha value is -2.64. The summed E-state index contributed by atoms with van der Waals surface area (Å²) in [6.45, 7) is 4.27. The van der Waals surface area contributed by atoms with Gasteiger partial charge in [-0.2, -0.15) is 5.10 Å². The van der Waals surface area contributed by atoms with Crippen molar-refractivity contribution in [3.63, 3.8) is 0 Å². The van der Waals surface area contributed by atoms with Crippen LogP contribution in [-0.2, 0) is 29.5 Å².